The van der Waals surface area contributed by atoms with Gasteiger partial charge in [-0.3, -0.25) is 0 Å². The summed E-state index contributed by atoms with van der Waals surface area (Å²) in [4.78, 5) is 1.67. The lowest BCUT2D eigenvalue weighted by Gasteiger charge is -2.48. The average molecular weight is 235 g/mol. The Labute approximate surface area is 102 Å². The van der Waals surface area contributed by atoms with Crippen LogP contribution in [0.1, 0.15) is 49.5 Å². The van der Waals surface area contributed by atoms with Crippen LogP contribution in [0, 0.1) is 5.92 Å². The van der Waals surface area contributed by atoms with E-state index in [2.05, 4.69) is 23.7 Å². The van der Waals surface area contributed by atoms with Gasteiger partial charge in [-0.1, -0.05) is 19.8 Å². The van der Waals surface area contributed by atoms with Crippen LogP contribution < -0.4 is 5.32 Å². The highest BCUT2D eigenvalue weighted by Crippen LogP contribution is 2.49. The molecule has 0 amide bonds. The molecule has 0 saturated heterocycles. The van der Waals surface area contributed by atoms with E-state index in [1.54, 1.807) is 10.4 Å². The Balaban J connectivity index is 2.00. The molecule has 2 aliphatic rings. The van der Waals surface area contributed by atoms with Crippen molar-refractivity contribution in [2.75, 3.05) is 6.54 Å². The van der Waals surface area contributed by atoms with Crippen molar-refractivity contribution in [2.45, 2.75) is 51.0 Å². The van der Waals surface area contributed by atoms with Gasteiger partial charge >= 0.3 is 0 Å². The van der Waals surface area contributed by atoms with Crippen LogP contribution in [-0.2, 0) is 12.0 Å². The third-order valence-corrected chi connectivity index (χ3v) is 5.57. The van der Waals surface area contributed by atoms with Crippen molar-refractivity contribution in [1.82, 2.24) is 5.32 Å². The van der Waals surface area contributed by atoms with E-state index in [0.29, 0.717) is 5.54 Å². The third-order valence-electron chi connectivity index (χ3n) is 4.43. The van der Waals surface area contributed by atoms with E-state index in [9.17, 15) is 0 Å². The summed E-state index contributed by atoms with van der Waals surface area (Å²) in [5, 5.41) is 6.18. The Kier molecular flexibility index (Phi) is 2.80. The van der Waals surface area contributed by atoms with Gasteiger partial charge < -0.3 is 5.32 Å². The largest absolute Gasteiger partial charge is 0.306 e. The molecule has 1 nitrogen and oxygen atoms in total. The first-order chi connectivity index (χ1) is 7.87. The first-order valence-corrected chi connectivity index (χ1v) is 7.56. The first-order valence-electron chi connectivity index (χ1n) is 6.68. The molecule has 1 aliphatic carbocycles. The minimum absolute atomic E-state index is 0.356. The normalized spacial score (nSPS) is 29.8. The van der Waals surface area contributed by atoms with Crippen molar-refractivity contribution in [3.63, 3.8) is 0 Å². The molecule has 1 fully saturated rings. The number of nitrogens with one attached hydrogen (secondary N) is 1. The molecule has 0 aromatic carbocycles. The lowest BCUT2D eigenvalue weighted by molar-refractivity contribution is 0.110. The van der Waals surface area contributed by atoms with Gasteiger partial charge in [0.2, 0.25) is 0 Å². The van der Waals surface area contributed by atoms with Crippen molar-refractivity contribution in [3.05, 3.63) is 21.9 Å². The summed E-state index contributed by atoms with van der Waals surface area (Å²) in [6, 6.07) is 2.35. The van der Waals surface area contributed by atoms with Gasteiger partial charge in [-0.05, 0) is 48.6 Å². The molecule has 1 N–H and O–H groups in total. The zero-order valence-corrected chi connectivity index (χ0v) is 10.9. The van der Waals surface area contributed by atoms with Crippen LogP contribution in [0.25, 0.3) is 0 Å². The van der Waals surface area contributed by atoms with E-state index in [4.69, 9.17) is 0 Å². The Bertz CT molecular complexity index is 367. The maximum Gasteiger partial charge on any atom is 0.0560 e. The van der Waals surface area contributed by atoms with Crippen LogP contribution in [0.15, 0.2) is 11.4 Å². The van der Waals surface area contributed by atoms with Gasteiger partial charge in [0.15, 0.2) is 0 Å². The lowest BCUT2D eigenvalue weighted by atomic mass is 9.66. The van der Waals surface area contributed by atoms with E-state index >= 15 is 0 Å². The molecular formula is C14H21NS. The molecule has 1 saturated carbocycles. The maximum atomic E-state index is 3.89. The van der Waals surface area contributed by atoms with Gasteiger partial charge in [0, 0.05) is 11.4 Å². The molecule has 3 rings (SSSR count). The van der Waals surface area contributed by atoms with Gasteiger partial charge in [0.05, 0.1) is 5.54 Å². The van der Waals surface area contributed by atoms with E-state index in [-0.39, 0.29) is 0 Å². The Hall–Kier alpha value is -0.340. The molecule has 1 aromatic heterocycles. The predicted octanol–water partition coefficient (Wildman–Crippen LogP) is 3.69. The monoisotopic (exact) mass is 235 g/mol. The summed E-state index contributed by atoms with van der Waals surface area (Å²) in [5.41, 5.74) is 1.98. The topological polar surface area (TPSA) is 12.0 Å². The fourth-order valence-electron chi connectivity index (χ4n) is 3.46. The van der Waals surface area contributed by atoms with Gasteiger partial charge in [0.1, 0.15) is 0 Å². The van der Waals surface area contributed by atoms with Crippen molar-refractivity contribution in [3.8, 4) is 0 Å². The Morgan fingerprint density at radius 3 is 3.06 bits per heavy atom. The lowest BCUT2D eigenvalue weighted by Crippen LogP contribution is -2.53. The SMILES string of the molecule is CCCC1(C2CCC2)NCCc2ccsc21. The van der Waals surface area contributed by atoms with E-state index in [0.717, 1.165) is 5.92 Å². The maximum absolute atomic E-state index is 3.89. The highest BCUT2D eigenvalue weighted by Gasteiger charge is 2.45. The second-order valence-corrected chi connectivity index (χ2v) is 6.22. The van der Waals surface area contributed by atoms with Crippen molar-refractivity contribution < 1.29 is 0 Å². The van der Waals surface area contributed by atoms with Crippen molar-refractivity contribution >= 4 is 11.3 Å². The summed E-state index contributed by atoms with van der Waals surface area (Å²) in [7, 11) is 0. The zero-order valence-electron chi connectivity index (χ0n) is 10.1. The predicted molar refractivity (Wildman–Crippen MR) is 70.0 cm³/mol. The number of hydrogen-bond donors (Lipinski definition) is 1. The highest BCUT2D eigenvalue weighted by atomic mass is 32.1. The first kappa shape index (κ1) is 10.8. The summed E-state index contributed by atoms with van der Waals surface area (Å²) in [5.74, 6) is 0.908. The minimum Gasteiger partial charge on any atom is -0.306 e. The molecular weight excluding hydrogens is 214 g/mol. The second-order valence-electron chi connectivity index (χ2n) is 5.30. The second kappa shape index (κ2) is 4.15. The third kappa shape index (κ3) is 1.46. The molecule has 0 spiro atoms. The average Bonchev–Trinajstić information content (AvgIpc) is 2.64. The molecule has 0 radical (unpaired) electrons. The number of thiophene rings is 1. The summed E-state index contributed by atoms with van der Waals surface area (Å²) in [6.07, 6.45) is 8.16. The zero-order chi connectivity index (χ0) is 11.0. The van der Waals surface area contributed by atoms with Crippen LogP contribution in [0.5, 0.6) is 0 Å². The van der Waals surface area contributed by atoms with Crippen LogP contribution in [0.3, 0.4) is 0 Å². The molecule has 16 heavy (non-hydrogen) atoms. The summed E-state index contributed by atoms with van der Waals surface area (Å²) in [6.45, 7) is 3.50. The smallest absolute Gasteiger partial charge is 0.0560 e. The van der Waals surface area contributed by atoms with Crippen LogP contribution >= 0.6 is 11.3 Å². The van der Waals surface area contributed by atoms with E-state index in [1.807, 2.05) is 11.3 Å². The summed E-state index contributed by atoms with van der Waals surface area (Å²) >= 11 is 1.99. The van der Waals surface area contributed by atoms with Crippen molar-refractivity contribution in [1.29, 1.82) is 0 Å². The van der Waals surface area contributed by atoms with Gasteiger partial charge in [0.25, 0.3) is 0 Å². The van der Waals surface area contributed by atoms with Crippen LogP contribution in [0.4, 0.5) is 0 Å². The van der Waals surface area contributed by atoms with Crippen LogP contribution in [0.2, 0.25) is 0 Å². The number of fused-ring (bicyclic) bond motifs is 1. The molecule has 1 aliphatic heterocycles. The fraction of sp³-hybridized carbons (Fsp3) is 0.714. The standard InChI is InChI=1S/C14H21NS/c1-2-8-14(12-4-3-5-12)13-11(6-9-15-14)7-10-16-13/h7,10,12,15H,2-6,8-9H2,1H3. The molecule has 1 unspecified atom stereocenters. The molecule has 1 aromatic rings. The quantitative estimate of drug-likeness (QED) is 0.842. The number of hydrogen-bond acceptors (Lipinski definition) is 2. The molecule has 2 heterocycles. The van der Waals surface area contributed by atoms with Crippen molar-refractivity contribution in [2.24, 2.45) is 5.92 Å². The molecule has 0 bridgehead atoms. The van der Waals surface area contributed by atoms with E-state index < -0.39 is 0 Å². The van der Waals surface area contributed by atoms with Crippen LogP contribution in [-0.4, -0.2) is 6.54 Å². The van der Waals surface area contributed by atoms with Gasteiger partial charge in [-0.2, -0.15) is 0 Å². The molecule has 2 heteroatoms. The minimum atomic E-state index is 0.356. The number of rotatable bonds is 3. The van der Waals surface area contributed by atoms with Gasteiger partial charge in [-0.25, -0.2) is 0 Å². The fourth-order valence-corrected chi connectivity index (χ4v) is 4.70. The molecule has 88 valence electrons. The van der Waals surface area contributed by atoms with E-state index in [1.165, 1.54) is 45.1 Å². The Morgan fingerprint density at radius 2 is 2.38 bits per heavy atom. The Morgan fingerprint density at radius 1 is 1.50 bits per heavy atom. The van der Waals surface area contributed by atoms with Gasteiger partial charge in [-0.15, -0.1) is 11.3 Å². The summed E-state index contributed by atoms with van der Waals surface area (Å²) < 4.78 is 0. The molecule has 1 atom stereocenters. The highest BCUT2D eigenvalue weighted by molar-refractivity contribution is 7.10.